The smallest absolute Gasteiger partial charge is 0.220 e. The monoisotopic (exact) mass is 932 g/mol. The fourth-order valence-corrected chi connectivity index (χ4v) is 8.88. The summed E-state index contributed by atoms with van der Waals surface area (Å²) in [5.74, 6) is -0.240. The lowest BCUT2D eigenvalue weighted by molar-refractivity contribution is -0.359. The third kappa shape index (κ3) is 25.8. The summed E-state index contributed by atoms with van der Waals surface area (Å²) in [6.07, 6.45) is 24.0. The van der Waals surface area contributed by atoms with Crippen LogP contribution in [0, 0.1) is 0 Å². The van der Waals surface area contributed by atoms with Gasteiger partial charge in [-0.05, 0) is 19.3 Å². The molecule has 14 nitrogen and oxygen atoms in total. The molecule has 2 saturated heterocycles. The summed E-state index contributed by atoms with van der Waals surface area (Å²) in [7, 11) is 0. The Labute approximate surface area is 393 Å². The van der Waals surface area contributed by atoms with Gasteiger partial charge in [0.15, 0.2) is 12.6 Å². The Morgan fingerprint density at radius 3 is 1.42 bits per heavy atom. The van der Waals surface area contributed by atoms with E-state index in [0.29, 0.717) is 6.42 Å². The molecule has 2 fully saturated rings. The molecule has 0 aromatic heterocycles. The first kappa shape index (κ1) is 59.9. The molecule has 2 rings (SSSR count). The van der Waals surface area contributed by atoms with Crippen molar-refractivity contribution in [3.05, 3.63) is 12.2 Å². The van der Waals surface area contributed by atoms with E-state index in [1.165, 1.54) is 148 Å². The Morgan fingerprint density at radius 2 is 0.954 bits per heavy atom. The van der Waals surface area contributed by atoms with Crippen molar-refractivity contribution in [2.45, 2.75) is 286 Å². The van der Waals surface area contributed by atoms with Crippen molar-refractivity contribution in [1.29, 1.82) is 0 Å². The molecule has 0 saturated carbocycles. The molecule has 384 valence electrons. The molecule has 12 atom stereocenters. The zero-order chi connectivity index (χ0) is 47.5. The number of carbonyl (C=O) groups is 1. The van der Waals surface area contributed by atoms with E-state index >= 15 is 0 Å². The van der Waals surface area contributed by atoms with Crippen LogP contribution in [0.4, 0.5) is 0 Å². The molecule has 0 aromatic rings. The van der Waals surface area contributed by atoms with Crippen molar-refractivity contribution >= 4 is 5.91 Å². The van der Waals surface area contributed by atoms with Crippen LogP contribution in [0.1, 0.15) is 213 Å². The minimum atomic E-state index is -1.78. The number of carbonyl (C=O) groups excluding carboxylic acids is 1. The van der Waals surface area contributed by atoms with Crippen LogP contribution in [0.3, 0.4) is 0 Å². The van der Waals surface area contributed by atoms with E-state index in [-0.39, 0.29) is 18.9 Å². The first-order valence-electron chi connectivity index (χ1n) is 26.4. The molecule has 0 aliphatic carbocycles. The van der Waals surface area contributed by atoms with E-state index < -0.39 is 86.8 Å². The molecule has 2 heterocycles. The fourth-order valence-electron chi connectivity index (χ4n) is 8.88. The van der Waals surface area contributed by atoms with Crippen LogP contribution < -0.4 is 5.32 Å². The predicted octanol–water partition coefficient (Wildman–Crippen LogP) is 7.16. The highest BCUT2D eigenvalue weighted by molar-refractivity contribution is 5.76. The average molecular weight is 932 g/mol. The second kappa shape index (κ2) is 38.6. The second-order valence-corrected chi connectivity index (χ2v) is 19.0. The minimum absolute atomic E-state index is 0.240. The lowest BCUT2D eigenvalue weighted by Crippen LogP contribution is -2.65. The van der Waals surface area contributed by atoms with E-state index in [0.717, 1.165) is 38.5 Å². The third-order valence-corrected chi connectivity index (χ3v) is 13.2. The maximum atomic E-state index is 13.1. The van der Waals surface area contributed by atoms with Gasteiger partial charge in [0.25, 0.3) is 0 Å². The van der Waals surface area contributed by atoms with Gasteiger partial charge in [0.2, 0.25) is 5.91 Å². The molecule has 2 aliphatic rings. The number of hydrogen-bond acceptors (Lipinski definition) is 13. The Morgan fingerprint density at radius 1 is 0.538 bits per heavy atom. The highest BCUT2D eigenvalue weighted by Gasteiger charge is 2.51. The van der Waals surface area contributed by atoms with Crippen LogP contribution in [-0.4, -0.2) is 140 Å². The topological polar surface area (TPSA) is 228 Å². The second-order valence-electron chi connectivity index (χ2n) is 19.0. The Hall–Kier alpha value is -1.27. The van der Waals surface area contributed by atoms with Crippen molar-refractivity contribution in [2.75, 3.05) is 19.8 Å². The van der Waals surface area contributed by atoms with Crippen LogP contribution in [-0.2, 0) is 23.7 Å². The molecule has 2 aliphatic heterocycles. The number of aliphatic hydroxyl groups is 8. The summed E-state index contributed by atoms with van der Waals surface area (Å²) in [6.45, 7) is 2.78. The molecule has 0 radical (unpaired) electrons. The summed E-state index contributed by atoms with van der Waals surface area (Å²) in [4.78, 5) is 13.1. The van der Waals surface area contributed by atoms with E-state index in [1.807, 2.05) is 6.08 Å². The molecule has 14 heteroatoms. The lowest BCUT2D eigenvalue weighted by atomic mass is 9.97. The number of rotatable bonds is 41. The molecule has 0 bridgehead atoms. The van der Waals surface area contributed by atoms with Crippen molar-refractivity contribution in [1.82, 2.24) is 5.32 Å². The number of nitrogens with one attached hydrogen (secondary N) is 1. The van der Waals surface area contributed by atoms with Gasteiger partial charge in [-0.3, -0.25) is 4.79 Å². The van der Waals surface area contributed by atoms with Crippen molar-refractivity contribution < 1.29 is 64.6 Å². The molecular formula is C51H97NO13. The van der Waals surface area contributed by atoms with Crippen LogP contribution in [0.25, 0.3) is 0 Å². The van der Waals surface area contributed by atoms with Crippen LogP contribution in [0.2, 0.25) is 0 Å². The summed E-state index contributed by atoms with van der Waals surface area (Å²) < 4.78 is 22.7. The quantitative estimate of drug-likeness (QED) is 0.0219. The first-order chi connectivity index (χ1) is 31.6. The first-order valence-corrected chi connectivity index (χ1v) is 26.4. The minimum Gasteiger partial charge on any atom is -0.394 e. The molecule has 0 aromatic carbocycles. The normalized spacial score (nSPS) is 27.0. The number of amides is 1. The van der Waals surface area contributed by atoms with Gasteiger partial charge < -0.3 is 65.1 Å². The molecule has 12 unspecified atom stereocenters. The zero-order valence-electron chi connectivity index (χ0n) is 40.7. The highest BCUT2D eigenvalue weighted by atomic mass is 16.7. The number of aliphatic hydroxyl groups excluding tert-OH is 8. The number of unbranched alkanes of at least 4 members (excludes halogenated alkanes) is 28. The van der Waals surface area contributed by atoms with Gasteiger partial charge in [-0.25, -0.2) is 0 Å². The summed E-state index contributed by atoms with van der Waals surface area (Å²) in [5.41, 5.74) is 0. The molecule has 9 N–H and O–H groups in total. The summed E-state index contributed by atoms with van der Waals surface area (Å²) in [6, 6.07) is -0.907. The standard InChI is InChI=1S/C51H97NO13/c1-3-5-7-9-11-13-15-16-17-18-19-20-21-22-23-24-25-26-28-30-32-34-40(55)39(52-43(56)35-33-31-29-27-14-12-10-8-6-4-2)38-62-50-48(61)46(59)49(42(37-54)64-50)65-51-47(60)45(58)44(57)41(36-53)63-51/h32,34,39-42,44-51,53-55,57-61H,3-31,33,35-38H2,1-2H3,(H,52,56)/b34-32+. The van der Waals surface area contributed by atoms with Crippen molar-refractivity contribution in [2.24, 2.45) is 0 Å². The van der Waals surface area contributed by atoms with E-state index in [1.54, 1.807) is 6.08 Å². The SMILES string of the molecule is CCCCCCCCCCCCCCCCCCCCC/C=C/C(O)C(COC1OC(CO)C(OC2OC(CO)C(O)C(O)C2O)C(O)C1O)NC(=O)CCCCCCCCCCCC. The third-order valence-electron chi connectivity index (χ3n) is 13.2. The highest BCUT2D eigenvalue weighted by Crippen LogP contribution is 2.30. The van der Waals surface area contributed by atoms with Gasteiger partial charge in [-0.15, -0.1) is 0 Å². The van der Waals surface area contributed by atoms with Gasteiger partial charge in [0.1, 0.15) is 48.8 Å². The predicted molar refractivity (Wildman–Crippen MR) is 254 cm³/mol. The van der Waals surface area contributed by atoms with E-state index in [2.05, 4.69) is 19.2 Å². The van der Waals surface area contributed by atoms with Gasteiger partial charge in [0, 0.05) is 6.42 Å². The lowest BCUT2D eigenvalue weighted by Gasteiger charge is -2.46. The number of hydrogen-bond donors (Lipinski definition) is 9. The molecular weight excluding hydrogens is 835 g/mol. The maximum absolute atomic E-state index is 13.1. The Balaban J connectivity index is 1.79. The Kier molecular flexibility index (Phi) is 35.5. The summed E-state index contributed by atoms with van der Waals surface area (Å²) >= 11 is 0. The fraction of sp³-hybridized carbons (Fsp3) is 0.941. The van der Waals surface area contributed by atoms with Crippen molar-refractivity contribution in [3.63, 3.8) is 0 Å². The number of ether oxygens (including phenoxy) is 4. The maximum Gasteiger partial charge on any atom is 0.220 e. The van der Waals surface area contributed by atoms with Crippen LogP contribution in [0.15, 0.2) is 12.2 Å². The average Bonchev–Trinajstić information content (AvgIpc) is 3.30. The van der Waals surface area contributed by atoms with E-state index in [4.69, 9.17) is 18.9 Å². The van der Waals surface area contributed by atoms with Gasteiger partial charge in [-0.2, -0.15) is 0 Å². The summed E-state index contributed by atoms with van der Waals surface area (Å²) in [5, 5.41) is 86.7. The Bertz CT molecular complexity index is 1150. The van der Waals surface area contributed by atoms with Gasteiger partial charge in [0.05, 0.1) is 32.0 Å². The van der Waals surface area contributed by atoms with E-state index in [9.17, 15) is 45.6 Å². The van der Waals surface area contributed by atoms with Gasteiger partial charge >= 0.3 is 0 Å². The van der Waals surface area contributed by atoms with Crippen molar-refractivity contribution in [3.8, 4) is 0 Å². The van der Waals surface area contributed by atoms with Gasteiger partial charge in [-0.1, -0.05) is 199 Å². The van der Waals surface area contributed by atoms with Crippen LogP contribution >= 0.6 is 0 Å². The zero-order valence-corrected chi connectivity index (χ0v) is 40.7. The molecule has 0 spiro atoms. The van der Waals surface area contributed by atoms with Crippen LogP contribution in [0.5, 0.6) is 0 Å². The largest absolute Gasteiger partial charge is 0.394 e. The molecule has 1 amide bonds. The number of allylic oxidation sites excluding steroid dienone is 1. The molecule has 65 heavy (non-hydrogen) atoms.